The van der Waals surface area contributed by atoms with Crippen LogP contribution in [0.25, 0.3) is 0 Å². The molecule has 2 N–H and O–H groups in total. The van der Waals surface area contributed by atoms with Gasteiger partial charge < -0.3 is 10.6 Å². The number of nitrogens with zero attached hydrogens (tertiary/aromatic N) is 2. The van der Waals surface area contributed by atoms with Gasteiger partial charge in [0.1, 0.15) is 0 Å². The Balaban J connectivity index is 0.00000220. The molecule has 1 fully saturated rings. The van der Waals surface area contributed by atoms with Crippen molar-refractivity contribution >= 4 is 41.3 Å². The zero-order chi connectivity index (χ0) is 14.2. The van der Waals surface area contributed by atoms with E-state index in [0.29, 0.717) is 0 Å². The lowest BCUT2D eigenvalue weighted by atomic mass is 10.0. The molecule has 21 heavy (non-hydrogen) atoms. The number of likely N-dealkylation sites (tertiary alicyclic amines) is 1. The van der Waals surface area contributed by atoms with E-state index >= 15 is 0 Å². The van der Waals surface area contributed by atoms with Gasteiger partial charge in [-0.05, 0) is 37.8 Å². The highest BCUT2D eigenvalue weighted by molar-refractivity contribution is 14.0. The van der Waals surface area contributed by atoms with E-state index in [1.165, 1.54) is 30.7 Å². The zero-order valence-electron chi connectivity index (χ0n) is 13.0. The van der Waals surface area contributed by atoms with Crippen LogP contribution in [0.2, 0.25) is 0 Å². The molecule has 1 aliphatic heterocycles. The fraction of sp³-hybridized carbons (Fsp3) is 0.667. The lowest BCUT2D eigenvalue weighted by Gasteiger charge is -2.33. The van der Waals surface area contributed by atoms with Crippen LogP contribution in [0.1, 0.15) is 31.1 Å². The molecule has 2 rings (SSSR count). The Morgan fingerprint density at radius 1 is 1.43 bits per heavy atom. The molecule has 120 valence electrons. The molecule has 1 aliphatic rings. The van der Waals surface area contributed by atoms with Gasteiger partial charge in [0.05, 0.1) is 6.54 Å². The summed E-state index contributed by atoms with van der Waals surface area (Å²) in [7, 11) is 1.83. The minimum Gasteiger partial charge on any atom is -0.355 e. The van der Waals surface area contributed by atoms with Crippen molar-refractivity contribution in [2.45, 2.75) is 38.8 Å². The molecule has 0 aliphatic carbocycles. The van der Waals surface area contributed by atoms with Crippen molar-refractivity contribution in [3.05, 3.63) is 22.4 Å². The normalized spacial score (nSPS) is 19.9. The highest BCUT2D eigenvalue weighted by atomic mass is 127. The summed E-state index contributed by atoms with van der Waals surface area (Å²) in [5.41, 5.74) is 0. The highest BCUT2D eigenvalue weighted by Crippen LogP contribution is 2.15. The minimum absolute atomic E-state index is 0. The molecule has 1 unspecified atom stereocenters. The third kappa shape index (κ3) is 6.52. The molecular formula is C15H27IN4S. The van der Waals surface area contributed by atoms with Crippen LogP contribution in [-0.2, 0) is 6.54 Å². The van der Waals surface area contributed by atoms with Gasteiger partial charge in [-0.2, -0.15) is 0 Å². The molecule has 1 aromatic heterocycles. The number of aliphatic imine (C=N–C) groups is 1. The first-order valence-corrected chi connectivity index (χ1v) is 8.38. The summed E-state index contributed by atoms with van der Waals surface area (Å²) in [6, 6.07) is 4.95. The second-order valence-corrected chi connectivity index (χ2v) is 6.34. The fourth-order valence-electron chi connectivity index (χ4n) is 2.61. The summed E-state index contributed by atoms with van der Waals surface area (Å²) >= 11 is 1.77. The van der Waals surface area contributed by atoms with E-state index in [1.54, 1.807) is 11.3 Å². The fourth-order valence-corrected chi connectivity index (χ4v) is 3.26. The van der Waals surface area contributed by atoms with Gasteiger partial charge in [0.25, 0.3) is 0 Å². The molecule has 0 saturated carbocycles. The van der Waals surface area contributed by atoms with Crippen molar-refractivity contribution in [3.63, 3.8) is 0 Å². The van der Waals surface area contributed by atoms with Gasteiger partial charge in [0.2, 0.25) is 0 Å². The molecule has 0 spiro atoms. The summed E-state index contributed by atoms with van der Waals surface area (Å²) in [6.07, 6.45) is 4.07. The molecule has 1 atom stereocenters. The van der Waals surface area contributed by atoms with Crippen LogP contribution < -0.4 is 10.6 Å². The van der Waals surface area contributed by atoms with Gasteiger partial charge in [-0.25, -0.2) is 0 Å². The SMILES string of the molecule is CN=C(NCCN1CCCCC1C)NCc1cccs1.I. The molecule has 0 aromatic carbocycles. The Hall–Kier alpha value is -0.340. The zero-order valence-corrected chi connectivity index (χ0v) is 16.1. The maximum Gasteiger partial charge on any atom is 0.191 e. The summed E-state index contributed by atoms with van der Waals surface area (Å²) in [5.74, 6) is 0.892. The molecule has 0 bridgehead atoms. The van der Waals surface area contributed by atoms with Crippen LogP contribution in [0.15, 0.2) is 22.5 Å². The van der Waals surface area contributed by atoms with Crippen molar-refractivity contribution in [3.8, 4) is 0 Å². The van der Waals surface area contributed by atoms with E-state index in [-0.39, 0.29) is 24.0 Å². The smallest absolute Gasteiger partial charge is 0.191 e. The molecule has 0 amide bonds. The molecular weight excluding hydrogens is 395 g/mol. The predicted molar refractivity (Wildman–Crippen MR) is 103 cm³/mol. The standard InChI is InChI=1S/C15H26N4S.HI/c1-13-6-3-4-9-19(13)10-8-17-15(16-2)18-12-14-7-5-11-20-14;/h5,7,11,13H,3-4,6,8-10,12H2,1-2H3,(H2,16,17,18);1H. The minimum atomic E-state index is 0. The Morgan fingerprint density at radius 3 is 2.95 bits per heavy atom. The Kier molecular flexibility index (Phi) is 9.26. The lowest BCUT2D eigenvalue weighted by Crippen LogP contribution is -2.45. The van der Waals surface area contributed by atoms with E-state index in [4.69, 9.17) is 0 Å². The number of rotatable bonds is 5. The summed E-state index contributed by atoms with van der Waals surface area (Å²) < 4.78 is 0. The van der Waals surface area contributed by atoms with Gasteiger partial charge in [-0.1, -0.05) is 12.5 Å². The van der Waals surface area contributed by atoms with E-state index in [9.17, 15) is 0 Å². The van der Waals surface area contributed by atoms with Gasteiger partial charge in [0.15, 0.2) is 5.96 Å². The summed E-state index contributed by atoms with van der Waals surface area (Å²) in [6.45, 7) is 6.47. The van der Waals surface area contributed by atoms with Crippen molar-refractivity contribution in [1.82, 2.24) is 15.5 Å². The summed E-state index contributed by atoms with van der Waals surface area (Å²) in [5, 5.41) is 8.86. The predicted octanol–water partition coefficient (Wildman–Crippen LogP) is 2.91. The molecule has 6 heteroatoms. The Morgan fingerprint density at radius 2 is 2.29 bits per heavy atom. The van der Waals surface area contributed by atoms with E-state index in [0.717, 1.165) is 31.6 Å². The van der Waals surface area contributed by atoms with Crippen molar-refractivity contribution in [2.75, 3.05) is 26.7 Å². The van der Waals surface area contributed by atoms with Crippen molar-refractivity contribution in [2.24, 2.45) is 4.99 Å². The number of halogens is 1. The summed E-state index contributed by atoms with van der Waals surface area (Å²) in [4.78, 5) is 8.17. The first-order valence-electron chi connectivity index (χ1n) is 7.50. The third-order valence-corrected chi connectivity index (χ3v) is 4.74. The maximum atomic E-state index is 4.27. The molecule has 2 heterocycles. The van der Waals surface area contributed by atoms with Gasteiger partial charge in [-0.3, -0.25) is 9.89 Å². The number of hydrogen-bond donors (Lipinski definition) is 2. The van der Waals surface area contributed by atoms with Crippen molar-refractivity contribution in [1.29, 1.82) is 0 Å². The monoisotopic (exact) mass is 422 g/mol. The average molecular weight is 422 g/mol. The van der Waals surface area contributed by atoms with Crippen LogP contribution in [0.3, 0.4) is 0 Å². The number of piperidine rings is 1. The van der Waals surface area contributed by atoms with Crippen LogP contribution >= 0.6 is 35.3 Å². The lowest BCUT2D eigenvalue weighted by molar-refractivity contribution is 0.163. The van der Waals surface area contributed by atoms with Crippen LogP contribution in [-0.4, -0.2) is 43.6 Å². The Labute approximate surface area is 149 Å². The number of nitrogens with one attached hydrogen (secondary N) is 2. The average Bonchev–Trinajstić information content (AvgIpc) is 2.98. The van der Waals surface area contributed by atoms with Crippen molar-refractivity contribution < 1.29 is 0 Å². The van der Waals surface area contributed by atoms with Crippen LogP contribution in [0.5, 0.6) is 0 Å². The third-order valence-electron chi connectivity index (χ3n) is 3.87. The largest absolute Gasteiger partial charge is 0.355 e. The van der Waals surface area contributed by atoms with Gasteiger partial charge in [0, 0.05) is 31.1 Å². The first kappa shape index (κ1) is 18.7. The van der Waals surface area contributed by atoms with Gasteiger partial charge >= 0.3 is 0 Å². The van der Waals surface area contributed by atoms with Gasteiger partial charge in [-0.15, -0.1) is 35.3 Å². The van der Waals surface area contributed by atoms with E-state index in [2.05, 4.69) is 45.0 Å². The molecule has 1 saturated heterocycles. The molecule has 4 nitrogen and oxygen atoms in total. The van der Waals surface area contributed by atoms with Crippen LogP contribution in [0, 0.1) is 0 Å². The number of hydrogen-bond acceptors (Lipinski definition) is 3. The quantitative estimate of drug-likeness (QED) is 0.436. The van der Waals surface area contributed by atoms with E-state index < -0.39 is 0 Å². The molecule has 0 radical (unpaired) electrons. The highest BCUT2D eigenvalue weighted by Gasteiger charge is 2.17. The topological polar surface area (TPSA) is 39.7 Å². The second kappa shape index (κ2) is 10.4. The van der Waals surface area contributed by atoms with E-state index in [1.807, 2.05) is 7.05 Å². The maximum absolute atomic E-state index is 4.27. The second-order valence-electron chi connectivity index (χ2n) is 5.31. The molecule has 1 aromatic rings. The van der Waals surface area contributed by atoms with Crippen LogP contribution in [0.4, 0.5) is 0 Å². The number of guanidine groups is 1. The Bertz CT molecular complexity index is 408. The number of thiophene rings is 1. The first-order chi connectivity index (χ1) is 9.79.